The zero-order chi connectivity index (χ0) is 16.6. The van der Waals surface area contributed by atoms with Crippen molar-refractivity contribution in [2.24, 2.45) is 0 Å². The Morgan fingerprint density at radius 2 is 2.16 bits per heavy atom. The lowest BCUT2D eigenvalue weighted by molar-refractivity contribution is 0.830. The van der Waals surface area contributed by atoms with Gasteiger partial charge < -0.3 is 15.2 Å². The maximum absolute atomic E-state index is 4.47. The van der Waals surface area contributed by atoms with Crippen LogP contribution in [0.4, 0.5) is 11.5 Å². The molecule has 0 saturated heterocycles. The average Bonchev–Trinajstić information content (AvgIpc) is 3.16. The number of anilines is 2. The number of imidazole rings is 1. The van der Waals surface area contributed by atoms with E-state index >= 15 is 0 Å². The topological polar surface area (TPSA) is 69.7 Å². The van der Waals surface area contributed by atoms with E-state index in [1.54, 1.807) is 12.7 Å². The minimum atomic E-state index is 0.774. The predicted octanol–water partition coefficient (Wildman–Crippen LogP) is 3.26. The Bertz CT molecular complexity index is 963. The molecule has 7 heteroatoms. The molecular formula is C18H18N6S. The van der Waals surface area contributed by atoms with Crippen LogP contribution in [-0.2, 0) is 6.42 Å². The van der Waals surface area contributed by atoms with Crippen LogP contribution < -0.4 is 10.2 Å². The lowest BCUT2D eigenvalue weighted by atomic mass is 10.0. The second kappa shape index (κ2) is 6.07. The smallest absolute Gasteiger partial charge is 0.164 e. The van der Waals surface area contributed by atoms with Crippen molar-refractivity contribution in [3.63, 3.8) is 0 Å². The highest BCUT2D eigenvalue weighted by Gasteiger charge is 2.19. The van der Waals surface area contributed by atoms with Gasteiger partial charge >= 0.3 is 0 Å². The number of thioether (sulfide) groups is 1. The fraction of sp³-hybridized carbons (Fsp3) is 0.278. The number of nitrogens with one attached hydrogen (secondary N) is 2. The third kappa shape index (κ3) is 2.64. The summed E-state index contributed by atoms with van der Waals surface area (Å²) in [5.74, 6) is 1.88. The van der Waals surface area contributed by atoms with Crippen LogP contribution in [0.15, 0.2) is 37.1 Å². The third-order valence-electron chi connectivity index (χ3n) is 4.67. The van der Waals surface area contributed by atoms with Crippen molar-refractivity contribution in [3.05, 3.63) is 48.2 Å². The van der Waals surface area contributed by atoms with E-state index in [2.05, 4.69) is 54.6 Å². The number of nitrogens with zero attached hydrogens (tertiary/aromatic N) is 4. The van der Waals surface area contributed by atoms with Gasteiger partial charge in [0.2, 0.25) is 0 Å². The molecule has 2 N–H and O–H groups in total. The Morgan fingerprint density at radius 1 is 1.16 bits per heavy atom. The maximum atomic E-state index is 4.47. The molecule has 0 atom stereocenters. The van der Waals surface area contributed by atoms with Gasteiger partial charge in [-0.05, 0) is 30.0 Å². The largest absolute Gasteiger partial charge is 0.385 e. The molecule has 6 nitrogen and oxygen atoms in total. The predicted molar refractivity (Wildman–Crippen MR) is 103 cm³/mol. The minimum Gasteiger partial charge on any atom is -0.385 e. The highest BCUT2D eigenvalue weighted by Crippen LogP contribution is 2.36. The molecule has 5 rings (SSSR count). The molecule has 2 aromatic heterocycles. The molecule has 25 heavy (non-hydrogen) atoms. The Kier molecular flexibility index (Phi) is 3.59. The molecule has 0 fully saturated rings. The van der Waals surface area contributed by atoms with Gasteiger partial charge in [-0.3, -0.25) is 0 Å². The van der Waals surface area contributed by atoms with Gasteiger partial charge in [0, 0.05) is 35.6 Å². The van der Waals surface area contributed by atoms with E-state index in [1.165, 1.54) is 34.6 Å². The highest BCUT2D eigenvalue weighted by atomic mass is 32.2. The second-order valence-electron chi connectivity index (χ2n) is 6.23. The molecule has 0 amide bonds. The summed E-state index contributed by atoms with van der Waals surface area (Å²) in [5, 5.41) is 3.52. The van der Waals surface area contributed by atoms with Crippen LogP contribution in [0.1, 0.15) is 17.5 Å². The van der Waals surface area contributed by atoms with Gasteiger partial charge in [-0.2, -0.15) is 0 Å². The number of H-pyrrole nitrogens is 1. The van der Waals surface area contributed by atoms with Crippen molar-refractivity contribution in [1.29, 1.82) is 0 Å². The van der Waals surface area contributed by atoms with Crippen molar-refractivity contribution >= 4 is 39.3 Å². The van der Waals surface area contributed by atoms with Crippen molar-refractivity contribution in [3.8, 4) is 0 Å². The van der Waals surface area contributed by atoms with E-state index in [4.69, 9.17) is 0 Å². The Balaban J connectivity index is 1.53. The molecule has 1 aromatic carbocycles. The summed E-state index contributed by atoms with van der Waals surface area (Å²) in [7, 11) is 0. The van der Waals surface area contributed by atoms with Crippen molar-refractivity contribution in [2.45, 2.75) is 12.8 Å². The van der Waals surface area contributed by atoms with Crippen LogP contribution in [0.3, 0.4) is 0 Å². The van der Waals surface area contributed by atoms with Crippen LogP contribution in [0.5, 0.6) is 0 Å². The van der Waals surface area contributed by atoms with Gasteiger partial charge in [0.1, 0.15) is 6.33 Å². The van der Waals surface area contributed by atoms with Gasteiger partial charge in [0.25, 0.3) is 0 Å². The van der Waals surface area contributed by atoms with Crippen LogP contribution in [0.2, 0.25) is 0 Å². The summed E-state index contributed by atoms with van der Waals surface area (Å²) < 4.78 is 0. The van der Waals surface area contributed by atoms with Gasteiger partial charge in [0.15, 0.2) is 17.0 Å². The summed E-state index contributed by atoms with van der Waals surface area (Å²) >= 11 is 1.89. The first kappa shape index (κ1) is 14.8. The molecule has 0 saturated carbocycles. The molecule has 0 spiro atoms. The fourth-order valence-electron chi connectivity index (χ4n) is 3.40. The minimum absolute atomic E-state index is 0.774. The van der Waals surface area contributed by atoms with Gasteiger partial charge in [-0.25, -0.2) is 15.0 Å². The molecule has 0 unspecified atom stereocenters. The lowest BCUT2D eigenvalue weighted by Gasteiger charge is -2.26. The molecule has 0 aliphatic carbocycles. The van der Waals surface area contributed by atoms with Crippen molar-refractivity contribution in [1.82, 2.24) is 19.9 Å². The Morgan fingerprint density at radius 3 is 3.16 bits per heavy atom. The molecular weight excluding hydrogens is 332 g/mol. The lowest BCUT2D eigenvalue weighted by Crippen LogP contribution is -2.24. The number of benzene rings is 1. The molecule has 4 heterocycles. The first-order chi connectivity index (χ1) is 12.4. The number of hydrogen-bond acceptors (Lipinski definition) is 6. The molecule has 126 valence electrons. The molecule has 2 aliphatic rings. The monoisotopic (exact) mass is 350 g/mol. The van der Waals surface area contributed by atoms with Gasteiger partial charge in [-0.1, -0.05) is 12.1 Å². The summed E-state index contributed by atoms with van der Waals surface area (Å²) in [6.45, 7) is 1.98. The first-order valence-electron chi connectivity index (χ1n) is 8.51. The van der Waals surface area contributed by atoms with E-state index in [0.717, 1.165) is 35.8 Å². The summed E-state index contributed by atoms with van der Waals surface area (Å²) in [6.07, 6.45) is 7.83. The van der Waals surface area contributed by atoms with Crippen LogP contribution in [0, 0.1) is 0 Å². The SMILES string of the molecule is C1=C(c2ccc3c(c2)NCCC3)SCCN1c1ncnc2[nH]cnc12. The first-order valence-corrected chi connectivity index (χ1v) is 9.49. The van der Waals surface area contributed by atoms with E-state index in [9.17, 15) is 0 Å². The number of hydrogen-bond donors (Lipinski definition) is 2. The quantitative estimate of drug-likeness (QED) is 0.739. The Hall–Kier alpha value is -2.54. The number of fused-ring (bicyclic) bond motifs is 2. The van der Waals surface area contributed by atoms with E-state index in [-0.39, 0.29) is 0 Å². The van der Waals surface area contributed by atoms with Crippen LogP contribution in [0.25, 0.3) is 16.1 Å². The average molecular weight is 350 g/mol. The van der Waals surface area contributed by atoms with Crippen molar-refractivity contribution < 1.29 is 0 Å². The normalized spacial score (nSPS) is 17.1. The highest BCUT2D eigenvalue weighted by molar-refractivity contribution is 8.08. The Labute approximate surface area is 149 Å². The zero-order valence-electron chi connectivity index (χ0n) is 13.7. The standard InChI is InChI=1S/C18H18N6S/c1-2-12-3-4-13(8-14(12)19-5-1)15-9-24(6-7-25-15)18-16-17(21-10-20-16)22-11-23-18/h3-4,8-11,19H,1-2,5-7H2,(H,20,21,22,23). The van der Waals surface area contributed by atoms with E-state index < -0.39 is 0 Å². The van der Waals surface area contributed by atoms with Crippen molar-refractivity contribution in [2.75, 3.05) is 29.1 Å². The van der Waals surface area contributed by atoms with Gasteiger partial charge in [-0.15, -0.1) is 11.8 Å². The van der Waals surface area contributed by atoms with Gasteiger partial charge in [0.05, 0.1) is 6.33 Å². The van der Waals surface area contributed by atoms with Crippen LogP contribution >= 0.6 is 11.8 Å². The third-order valence-corrected chi connectivity index (χ3v) is 5.70. The van der Waals surface area contributed by atoms with E-state index in [0.29, 0.717) is 0 Å². The molecule has 2 aliphatic heterocycles. The number of aromatic amines is 1. The molecule has 0 bridgehead atoms. The number of aromatic nitrogens is 4. The number of aryl methyl sites for hydroxylation is 1. The summed E-state index contributed by atoms with van der Waals surface area (Å²) in [6, 6.07) is 6.77. The van der Waals surface area contributed by atoms with Crippen LogP contribution in [-0.4, -0.2) is 38.8 Å². The summed E-state index contributed by atoms with van der Waals surface area (Å²) in [5.41, 5.74) is 5.55. The molecule has 3 aromatic rings. The number of rotatable bonds is 2. The molecule has 0 radical (unpaired) electrons. The summed E-state index contributed by atoms with van der Waals surface area (Å²) in [4.78, 5) is 19.6. The van der Waals surface area contributed by atoms with E-state index in [1.807, 2.05) is 11.8 Å². The zero-order valence-corrected chi connectivity index (χ0v) is 14.5. The fourth-order valence-corrected chi connectivity index (χ4v) is 4.40. The maximum Gasteiger partial charge on any atom is 0.164 e. The second-order valence-corrected chi connectivity index (χ2v) is 7.37.